The van der Waals surface area contributed by atoms with Crippen molar-refractivity contribution in [3.63, 3.8) is 0 Å². The Bertz CT molecular complexity index is 704. The van der Waals surface area contributed by atoms with Gasteiger partial charge < -0.3 is 25.2 Å². The van der Waals surface area contributed by atoms with Gasteiger partial charge in [0, 0.05) is 13.2 Å². The highest BCUT2D eigenvalue weighted by molar-refractivity contribution is 5.83. The largest absolute Gasteiger partial charge is 0.481 e. The summed E-state index contributed by atoms with van der Waals surface area (Å²) < 4.78 is 5.15. The number of ether oxygens (including phenoxy) is 1. The van der Waals surface area contributed by atoms with Gasteiger partial charge in [-0.15, -0.1) is 0 Å². The molecule has 0 aliphatic carbocycles. The standard InChI is InChI=1S/C8H8O5.2C7H11NO2/c9-7(10)5-3-1-2-4(13-3)6(5)8(11)12;2*9-6-4-2-1-3-5-8-7-10/h1-6H,(H,9,10)(H,11,12);2*1-2,9H,3-6H2. The molecule has 11 nitrogen and oxygen atoms in total. The van der Waals surface area contributed by atoms with E-state index in [2.05, 4.69) is 9.98 Å². The van der Waals surface area contributed by atoms with Gasteiger partial charge in [-0.25, -0.2) is 19.6 Å². The van der Waals surface area contributed by atoms with E-state index < -0.39 is 36.0 Å². The zero-order chi connectivity index (χ0) is 24.9. The van der Waals surface area contributed by atoms with Crippen LogP contribution in [-0.2, 0) is 23.9 Å². The third kappa shape index (κ3) is 13.1. The molecule has 33 heavy (non-hydrogen) atoms. The number of carbonyl (C=O) groups is 2. The van der Waals surface area contributed by atoms with Gasteiger partial charge in [0.2, 0.25) is 12.2 Å². The van der Waals surface area contributed by atoms with Crippen molar-refractivity contribution in [3.05, 3.63) is 36.5 Å². The number of rotatable bonds is 12. The van der Waals surface area contributed by atoms with Gasteiger partial charge in [-0.2, -0.15) is 0 Å². The maximum atomic E-state index is 10.7. The molecule has 1 fully saturated rings. The van der Waals surface area contributed by atoms with Crippen LogP contribution >= 0.6 is 0 Å². The second kappa shape index (κ2) is 19.5. The summed E-state index contributed by atoms with van der Waals surface area (Å²) in [5.74, 6) is -4.09. The van der Waals surface area contributed by atoms with Gasteiger partial charge in [-0.3, -0.25) is 9.59 Å². The minimum Gasteiger partial charge on any atom is -0.481 e. The fraction of sp³-hybridized carbons (Fsp3) is 0.545. The molecule has 2 heterocycles. The van der Waals surface area contributed by atoms with Crippen LogP contribution in [-0.4, -0.2) is 83.0 Å². The minimum absolute atomic E-state index is 0.174. The number of fused-ring (bicyclic) bond motifs is 2. The summed E-state index contributed by atoms with van der Waals surface area (Å²) in [5.41, 5.74) is 0. The maximum absolute atomic E-state index is 10.7. The smallest absolute Gasteiger partial charge is 0.310 e. The summed E-state index contributed by atoms with van der Waals surface area (Å²) in [6, 6.07) is 0. The molecule has 4 unspecified atom stereocenters. The predicted molar refractivity (Wildman–Crippen MR) is 117 cm³/mol. The second-order valence-corrected chi connectivity index (χ2v) is 6.67. The molecule has 2 rings (SSSR count). The van der Waals surface area contributed by atoms with Crippen molar-refractivity contribution in [2.45, 2.75) is 37.9 Å². The van der Waals surface area contributed by atoms with E-state index in [9.17, 15) is 19.2 Å². The number of isocyanates is 2. The first-order chi connectivity index (χ1) is 15.9. The Morgan fingerprint density at radius 1 is 0.758 bits per heavy atom. The van der Waals surface area contributed by atoms with Crippen molar-refractivity contribution in [2.75, 3.05) is 26.3 Å². The molecular formula is C22H30N2O9. The van der Waals surface area contributed by atoms with Gasteiger partial charge in [-0.1, -0.05) is 36.5 Å². The fourth-order valence-electron chi connectivity index (χ4n) is 2.89. The van der Waals surface area contributed by atoms with Crippen molar-refractivity contribution < 1.29 is 44.3 Å². The van der Waals surface area contributed by atoms with Gasteiger partial charge in [0.25, 0.3) is 0 Å². The highest BCUT2D eigenvalue weighted by Crippen LogP contribution is 2.39. The molecule has 4 N–H and O–H groups in total. The zero-order valence-corrected chi connectivity index (χ0v) is 18.2. The van der Waals surface area contributed by atoms with Crippen LogP contribution in [0.4, 0.5) is 0 Å². The highest BCUT2D eigenvalue weighted by Gasteiger charge is 2.53. The first-order valence-electron chi connectivity index (χ1n) is 10.3. The van der Waals surface area contributed by atoms with E-state index in [1.165, 1.54) is 12.2 Å². The molecule has 0 aromatic heterocycles. The van der Waals surface area contributed by atoms with E-state index in [1.807, 2.05) is 24.3 Å². The Hall–Kier alpha value is -3.20. The average Bonchev–Trinajstić information content (AvgIpc) is 3.41. The van der Waals surface area contributed by atoms with E-state index in [1.54, 1.807) is 12.2 Å². The number of hydrogen-bond acceptors (Lipinski definition) is 9. The summed E-state index contributed by atoms with van der Waals surface area (Å²) in [6.45, 7) is 1.33. The number of carboxylic acids is 2. The van der Waals surface area contributed by atoms with Crippen molar-refractivity contribution >= 4 is 24.1 Å². The summed E-state index contributed by atoms with van der Waals surface area (Å²) in [7, 11) is 0. The fourth-order valence-corrected chi connectivity index (χ4v) is 2.89. The van der Waals surface area contributed by atoms with E-state index in [4.69, 9.17) is 25.2 Å². The normalized spacial score (nSPS) is 22.0. The lowest BCUT2D eigenvalue weighted by atomic mass is 9.83. The summed E-state index contributed by atoms with van der Waals surface area (Å²) >= 11 is 0. The lowest BCUT2D eigenvalue weighted by Crippen LogP contribution is -2.36. The number of aliphatic hydroxyl groups excluding tert-OH is 2. The molecule has 0 aromatic carbocycles. The van der Waals surface area contributed by atoms with Crippen molar-refractivity contribution in [2.24, 2.45) is 21.8 Å². The van der Waals surface area contributed by atoms with Crippen LogP contribution in [0.2, 0.25) is 0 Å². The molecule has 0 aromatic rings. The Labute approximate surface area is 191 Å². The predicted octanol–water partition coefficient (Wildman–Crippen LogP) is 1.03. The number of carboxylic acid groups (broad SMARTS) is 2. The Morgan fingerprint density at radius 2 is 1.12 bits per heavy atom. The molecule has 4 atom stereocenters. The van der Waals surface area contributed by atoms with Crippen LogP contribution in [0.5, 0.6) is 0 Å². The second-order valence-electron chi connectivity index (χ2n) is 6.67. The highest BCUT2D eigenvalue weighted by atomic mass is 16.5. The number of aliphatic imine (C=N–C) groups is 2. The van der Waals surface area contributed by atoms with Crippen molar-refractivity contribution in [1.29, 1.82) is 0 Å². The third-order valence-corrected chi connectivity index (χ3v) is 4.34. The van der Waals surface area contributed by atoms with Crippen LogP contribution in [0.25, 0.3) is 0 Å². The van der Waals surface area contributed by atoms with Gasteiger partial charge in [0.1, 0.15) is 11.8 Å². The molecule has 0 radical (unpaired) electrons. The van der Waals surface area contributed by atoms with Crippen LogP contribution in [0.1, 0.15) is 25.7 Å². The van der Waals surface area contributed by atoms with Crippen LogP contribution in [0.15, 0.2) is 46.4 Å². The summed E-state index contributed by atoms with van der Waals surface area (Å²) in [5, 5.41) is 34.2. The number of nitrogens with zero attached hydrogens (tertiary/aromatic N) is 2. The minimum atomic E-state index is -1.11. The molecule has 182 valence electrons. The summed E-state index contributed by atoms with van der Waals surface area (Å²) in [6.07, 6.45) is 15.3. The molecule has 2 aliphatic heterocycles. The number of hydrogen-bond donors (Lipinski definition) is 4. The first kappa shape index (κ1) is 29.8. The van der Waals surface area contributed by atoms with Gasteiger partial charge >= 0.3 is 11.9 Å². The topological polar surface area (TPSA) is 183 Å². The van der Waals surface area contributed by atoms with E-state index >= 15 is 0 Å². The number of aliphatic carboxylic acids is 2. The van der Waals surface area contributed by atoms with Crippen molar-refractivity contribution in [3.8, 4) is 0 Å². The van der Waals surface area contributed by atoms with Crippen LogP contribution < -0.4 is 0 Å². The lowest BCUT2D eigenvalue weighted by molar-refractivity contribution is -0.152. The van der Waals surface area contributed by atoms with Gasteiger partial charge in [0.05, 0.1) is 25.3 Å². The van der Waals surface area contributed by atoms with Crippen LogP contribution in [0.3, 0.4) is 0 Å². The molecule has 0 saturated carbocycles. The Balaban J connectivity index is 0.000000474. The van der Waals surface area contributed by atoms with E-state index in [0.717, 1.165) is 12.8 Å². The van der Waals surface area contributed by atoms with Crippen molar-refractivity contribution in [1.82, 2.24) is 0 Å². The molecule has 0 spiro atoms. The number of carbonyl (C=O) groups excluding carboxylic acids is 2. The van der Waals surface area contributed by atoms with Gasteiger partial charge in [0.15, 0.2) is 0 Å². The van der Waals surface area contributed by atoms with Crippen LogP contribution in [0, 0.1) is 11.8 Å². The van der Waals surface area contributed by atoms with Gasteiger partial charge in [-0.05, 0) is 25.7 Å². The number of aliphatic hydroxyl groups is 2. The first-order valence-corrected chi connectivity index (χ1v) is 10.3. The lowest BCUT2D eigenvalue weighted by Gasteiger charge is -2.16. The quantitative estimate of drug-likeness (QED) is 0.141. The maximum Gasteiger partial charge on any atom is 0.310 e. The SMILES string of the molecule is O=C(O)C1C2C=CC(O2)C1C(=O)O.O=C=NCCC=CCCO.O=C=NCCC=CCCO. The Morgan fingerprint density at radius 3 is 1.42 bits per heavy atom. The third-order valence-electron chi connectivity index (χ3n) is 4.34. The summed E-state index contributed by atoms with van der Waals surface area (Å²) in [4.78, 5) is 47.2. The molecular weight excluding hydrogens is 436 g/mol. The monoisotopic (exact) mass is 466 g/mol. The molecule has 1 saturated heterocycles. The molecule has 11 heteroatoms. The molecule has 2 aliphatic rings. The Kier molecular flexibility index (Phi) is 17.6. The van der Waals surface area contributed by atoms with E-state index in [0.29, 0.717) is 25.9 Å². The zero-order valence-electron chi connectivity index (χ0n) is 18.2. The molecule has 2 bridgehead atoms. The average molecular weight is 466 g/mol. The van der Waals surface area contributed by atoms with E-state index in [-0.39, 0.29) is 13.2 Å². The molecule has 0 amide bonds.